The van der Waals surface area contributed by atoms with Gasteiger partial charge in [0.05, 0.1) is 5.56 Å². The van der Waals surface area contributed by atoms with Gasteiger partial charge in [-0.25, -0.2) is 0 Å². The topological polar surface area (TPSA) is 56.9 Å². The molecule has 0 aliphatic carbocycles. The smallest absolute Gasteiger partial charge is 0.253 e. The van der Waals surface area contributed by atoms with E-state index >= 15 is 0 Å². The van der Waals surface area contributed by atoms with Gasteiger partial charge in [0.25, 0.3) is 5.91 Å². The average molecular weight is 293 g/mol. The lowest BCUT2D eigenvalue weighted by Gasteiger charge is -2.09. The van der Waals surface area contributed by atoms with Gasteiger partial charge in [0.15, 0.2) is 0 Å². The zero-order chi connectivity index (χ0) is 15.4. The van der Waals surface area contributed by atoms with E-state index < -0.39 is 0 Å². The van der Waals surface area contributed by atoms with Gasteiger partial charge in [-0.05, 0) is 30.2 Å². The van der Waals surface area contributed by atoms with Crippen molar-refractivity contribution in [2.75, 3.05) is 18.9 Å². The molecule has 0 saturated carbocycles. The van der Waals surface area contributed by atoms with E-state index in [4.69, 9.17) is 0 Å². The number of H-pyrrole nitrogens is 1. The molecule has 22 heavy (non-hydrogen) atoms. The molecule has 0 saturated heterocycles. The maximum atomic E-state index is 12.3. The van der Waals surface area contributed by atoms with Crippen molar-refractivity contribution >= 4 is 22.5 Å². The predicted molar refractivity (Wildman–Crippen MR) is 90.3 cm³/mol. The summed E-state index contributed by atoms with van der Waals surface area (Å²) in [4.78, 5) is 15.5. The molecule has 1 amide bonds. The van der Waals surface area contributed by atoms with Gasteiger partial charge in [0.1, 0.15) is 0 Å². The first kappa shape index (κ1) is 14.2. The maximum absolute atomic E-state index is 12.3. The molecule has 1 heterocycles. The van der Waals surface area contributed by atoms with E-state index in [1.54, 1.807) is 0 Å². The van der Waals surface area contributed by atoms with Crippen molar-refractivity contribution in [2.24, 2.45) is 0 Å². The summed E-state index contributed by atoms with van der Waals surface area (Å²) in [6.07, 6.45) is 2.82. The van der Waals surface area contributed by atoms with Gasteiger partial charge in [-0.1, -0.05) is 30.3 Å². The molecule has 0 aliphatic heterocycles. The molecule has 0 fully saturated rings. The monoisotopic (exact) mass is 293 g/mol. The third kappa shape index (κ3) is 2.81. The van der Waals surface area contributed by atoms with Crippen LogP contribution < -0.4 is 10.6 Å². The zero-order valence-corrected chi connectivity index (χ0v) is 12.5. The second-order valence-corrected chi connectivity index (χ2v) is 5.16. The molecule has 112 valence electrons. The first-order valence-corrected chi connectivity index (χ1v) is 7.39. The van der Waals surface area contributed by atoms with E-state index in [9.17, 15) is 4.79 Å². The van der Waals surface area contributed by atoms with Gasteiger partial charge in [-0.2, -0.15) is 0 Å². The summed E-state index contributed by atoms with van der Waals surface area (Å²) < 4.78 is 0. The zero-order valence-electron chi connectivity index (χ0n) is 12.5. The number of carbonyl (C=O) groups is 1. The Kier molecular flexibility index (Phi) is 4.10. The Labute approximate surface area is 129 Å². The quantitative estimate of drug-likeness (QED) is 0.676. The first-order chi connectivity index (χ1) is 10.8. The molecule has 0 atom stereocenters. The van der Waals surface area contributed by atoms with E-state index in [1.807, 2.05) is 49.6 Å². The molecule has 2 aromatic carbocycles. The van der Waals surface area contributed by atoms with Crippen LogP contribution in [0, 0.1) is 0 Å². The molecule has 0 spiro atoms. The van der Waals surface area contributed by atoms with Crippen molar-refractivity contribution in [3.8, 4) is 0 Å². The van der Waals surface area contributed by atoms with Crippen molar-refractivity contribution in [3.63, 3.8) is 0 Å². The Bertz CT molecular complexity index is 792. The van der Waals surface area contributed by atoms with Gasteiger partial charge in [-0.3, -0.25) is 4.79 Å². The van der Waals surface area contributed by atoms with Crippen LogP contribution in [0.1, 0.15) is 15.9 Å². The van der Waals surface area contributed by atoms with Crippen LogP contribution in [0.4, 0.5) is 5.69 Å². The number of hydrogen-bond donors (Lipinski definition) is 3. The van der Waals surface area contributed by atoms with Crippen LogP contribution in [0.15, 0.2) is 54.7 Å². The van der Waals surface area contributed by atoms with Crippen molar-refractivity contribution in [1.29, 1.82) is 0 Å². The molecule has 4 heteroatoms. The van der Waals surface area contributed by atoms with E-state index in [-0.39, 0.29) is 5.91 Å². The Morgan fingerprint density at radius 3 is 2.73 bits per heavy atom. The largest absolute Gasteiger partial charge is 0.387 e. The molecule has 0 aliphatic rings. The van der Waals surface area contributed by atoms with Crippen molar-refractivity contribution in [1.82, 2.24) is 10.3 Å². The number of rotatable bonds is 5. The van der Waals surface area contributed by atoms with Gasteiger partial charge in [-0.15, -0.1) is 0 Å². The minimum atomic E-state index is -0.0511. The molecular formula is C18H19N3O. The van der Waals surface area contributed by atoms with E-state index in [2.05, 4.69) is 27.8 Å². The first-order valence-electron chi connectivity index (χ1n) is 7.39. The molecule has 3 aromatic rings. The fourth-order valence-corrected chi connectivity index (χ4v) is 2.64. The molecule has 3 N–H and O–H groups in total. The van der Waals surface area contributed by atoms with E-state index in [1.165, 1.54) is 10.9 Å². The third-order valence-corrected chi connectivity index (χ3v) is 3.80. The predicted octanol–water partition coefficient (Wildman–Crippen LogP) is 3.18. The van der Waals surface area contributed by atoms with Crippen molar-refractivity contribution in [2.45, 2.75) is 6.42 Å². The van der Waals surface area contributed by atoms with Crippen molar-refractivity contribution < 1.29 is 4.79 Å². The molecule has 0 radical (unpaired) electrons. The number of carbonyl (C=O) groups excluding carboxylic acids is 1. The summed E-state index contributed by atoms with van der Waals surface area (Å²) >= 11 is 0. The Morgan fingerprint density at radius 2 is 1.86 bits per heavy atom. The lowest BCUT2D eigenvalue weighted by atomic mass is 10.1. The fraction of sp³-hybridized carbons (Fsp3) is 0.167. The number of amides is 1. The summed E-state index contributed by atoms with van der Waals surface area (Å²) in [6, 6.07) is 15.7. The number of para-hydroxylation sites is 2. The Morgan fingerprint density at radius 1 is 1.09 bits per heavy atom. The number of aromatic amines is 1. The highest BCUT2D eigenvalue weighted by Crippen LogP contribution is 2.18. The van der Waals surface area contributed by atoms with Crippen LogP contribution in [0.2, 0.25) is 0 Å². The van der Waals surface area contributed by atoms with E-state index in [0.717, 1.165) is 17.6 Å². The maximum Gasteiger partial charge on any atom is 0.253 e. The lowest BCUT2D eigenvalue weighted by molar-refractivity contribution is 0.0955. The number of aromatic nitrogens is 1. The number of hydrogen-bond acceptors (Lipinski definition) is 2. The van der Waals surface area contributed by atoms with Gasteiger partial charge >= 0.3 is 0 Å². The van der Waals surface area contributed by atoms with E-state index in [0.29, 0.717) is 12.1 Å². The number of nitrogens with one attached hydrogen (secondary N) is 3. The van der Waals surface area contributed by atoms with Crippen LogP contribution in [0.3, 0.4) is 0 Å². The SMILES string of the molecule is CNc1ccccc1C(=O)NCCc1c[nH]c2ccccc12. The summed E-state index contributed by atoms with van der Waals surface area (Å²) in [5.41, 5.74) is 3.86. The third-order valence-electron chi connectivity index (χ3n) is 3.80. The minimum Gasteiger partial charge on any atom is -0.387 e. The average Bonchev–Trinajstić information content (AvgIpc) is 2.98. The summed E-state index contributed by atoms with van der Waals surface area (Å²) in [6.45, 7) is 0.610. The summed E-state index contributed by atoms with van der Waals surface area (Å²) in [7, 11) is 1.82. The molecule has 0 bridgehead atoms. The van der Waals surface area contributed by atoms with Crippen LogP contribution >= 0.6 is 0 Å². The van der Waals surface area contributed by atoms with Gasteiger partial charge in [0.2, 0.25) is 0 Å². The number of fused-ring (bicyclic) bond motifs is 1. The van der Waals surface area contributed by atoms with Crippen molar-refractivity contribution in [3.05, 3.63) is 65.9 Å². The molecular weight excluding hydrogens is 274 g/mol. The highest BCUT2D eigenvalue weighted by Gasteiger charge is 2.09. The Hall–Kier alpha value is -2.75. The number of anilines is 1. The number of benzene rings is 2. The lowest BCUT2D eigenvalue weighted by Crippen LogP contribution is -2.26. The second-order valence-electron chi connectivity index (χ2n) is 5.16. The fourth-order valence-electron chi connectivity index (χ4n) is 2.64. The van der Waals surface area contributed by atoms with Gasteiger partial charge in [0, 0.05) is 36.4 Å². The summed E-state index contributed by atoms with van der Waals surface area (Å²) in [5.74, 6) is -0.0511. The van der Waals surface area contributed by atoms with Crippen LogP contribution in [0.5, 0.6) is 0 Å². The highest BCUT2D eigenvalue weighted by molar-refractivity contribution is 5.99. The minimum absolute atomic E-state index is 0.0511. The highest BCUT2D eigenvalue weighted by atomic mass is 16.1. The normalized spacial score (nSPS) is 10.6. The molecule has 3 rings (SSSR count). The summed E-state index contributed by atoms with van der Waals surface area (Å²) in [5, 5.41) is 7.24. The standard InChI is InChI=1S/C18H19N3O/c1-19-16-8-4-3-7-15(16)18(22)20-11-10-13-12-21-17-9-5-2-6-14(13)17/h2-9,12,19,21H,10-11H2,1H3,(H,20,22). The molecule has 1 aromatic heterocycles. The van der Waals surface area contributed by atoms with Crippen LogP contribution in [-0.4, -0.2) is 24.5 Å². The molecule has 4 nitrogen and oxygen atoms in total. The van der Waals surface area contributed by atoms with Crippen LogP contribution in [-0.2, 0) is 6.42 Å². The van der Waals surface area contributed by atoms with Crippen LogP contribution in [0.25, 0.3) is 10.9 Å². The van der Waals surface area contributed by atoms with Gasteiger partial charge < -0.3 is 15.6 Å². The molecule has 0 unspecified atom stereocenters. The second kappa shape index (κ2) is 6.35. The Balaban J connectivity index is 1.64.